The van der Waals surface area contributed by atoms with Crippen LogP contribution in [0.5, 0.6) is 11.5 Å². The summed E-state index contributed by atoms with van der Waals surface area (Å²) in [4.78, 5) is 2.28. The number of hydrogen-bond acceptors (Lipinski definition) is 3. The number of piperidine rings is 1. The smallest absolute Gasteiger partial charge is 0.126 e. The van der Waals surface area contributed by atoms with Gasteiger partial charge in [-0.2, -0.15) is 0 Å². The summed E-state index contributed by atoms with van der Waals surface area (Å²) in [5, 5.41) is 9.96. The third-order valence-corrected chi connectivity index (χ3v) is 5.60. The SMILES string of the molecule is CN1CC[C@@]2(CCc3ccccc3F)c3cc(O)ccc3O[C@H]2C1. The van der Waals surface area contributed by atoms with Gasteiger partial charge in [-0.25, -0.2) is 4.39 Å². The molecule has 0 spiro atoms. The van der Waals surface area contributed by atoms with Crippen molar-refractivity contribution < 1.29 is 14.2 Å². The van der Waals surface area contributed by atoms with Crippen molar-refractivity contribution in [2.75, 3.05) is 20.1 Å². The monoisotopic (exact) mass is 327 g/mol. The molecule has 0 amide bonds. The first-order valence-electron chi connectivity index (χ1n) is 8.51. The largest absolute Gasteiger partial charge is 0.508 e. The van der Waals surface area contributed by atoms with E-state index in [-0.39, 0.29) is 23.1 Å². The topological polar surface area (TPSA) is 32.7 Å². The molecular weight excluding hydrogens is 305 g/mol. The van der Waals surface area contributed by atoms with Gasteiger partial charge in [-0.05, 0) is 62.7 Å². The number of likely N-dealkylation sites (N-methyl/N-ethyl adjacent to an activating group) is 1. The van der Waals surface area contributed by atoms with Gasteiger partial charge in [0.05, 0.1) is 0 Å². The summed E-state index contributed by atoms with van der Waals surface area (Å²) in [5.41, 5.74) is 1.68. The Bertz CT molecular complexity index is 763. The molecule has 0 aliphatic carbocycles. The summed E-state index contributed by atoms with van der Waals surface area (Å²) in [5.74, 6) is 0.984. The molecule has 1 N–H and O–H groups in total. The zero-order valence-corrected chi connectivity index (χ0v) is 13.8. The van der Waals surface area contributed by atoms with Crippen LogP contribution in [-0.4, -0.2) is 36.2 Å². The maximum atomic E-state index is 14.0. The van der Waals surface area contributed by atoms with Gasteiger partial charge < -0.3 is 14.7 Å². The molecule has 2 atom stereocenters. The van der Waals surface area contributed by atoms with Crippen LogP contribution in [0.3, 0.4) is 0 Å². The van der Waals surface area contributed by atoms with Gasteiger partial charge in [0.1, 0.15) is 23.4 Å². The average Bonchev–Trinajstić information content (AvgIpc) is 2.87. The molecule has 0 unspecified atom stereocenters. The standard InChI is InChI=1S/C20H22FNO2/c1-22-11-10-20(9-8-14-4-2-3-5-17(14)21)16-12-15(23)6-7-18(16)24-19(20)13-22/h2-7,12,19,23H,8-11,13H2,1H3/t19-,20-/m0/s1. The number of benzene rings is 2. The van der Waals surface area contributed by atoms with Crippen LogP contribution < -0.4 is 4.74 Å². The molecule has 24 heavy (non-hydrogen) atoms. The van der Waals surface area contributed by atoms with Gasteiger partial charge >= 0.3 is 0 Å². The summed E-state index contributed by atoms with van der Waals surface area (Å²) < 4.78 is 20.2. The van der Waals surface area contributed by atoms with Crippen LogP contribution in [0.1, 0.15) is 24.0 Å². The second-order valence-electron chi connectivity index (χ2n) is 7.05. The Morgan fingerprint density at radius 2 is 2.12 bits per heavy atom. The maximum Gasteiger partial charge on any atom is 0.126 e. The molecule has 0 radical (unpaired) electrons. The zero-order chi connectivity index (χ0) is 16.7. The van der Waals surface area contributed by atoms with E-state index in [9.17, 15) is 9.50 Å². The molecule has 1 saturated heterocycles. The van der Waals surface area contributed by atoms with Crippen molar-refractivity contribution in [2.45, 2.75) is 30.8 Å². The van der Waals surface area contributed by atoms with Crippen LogP contribution >= 0.6 is 0 Å². The molecule has 3 nitrogen and oxygen atoms in total. The van der Waals surface area contributed by atoms with Crippen molar-refractivity contribution in [3.8, 4) is 11.5 Å². The predicted molar refractivity (Wildman–Crippen MR) is 91.0 cm³/mol. The third kappa shape index (κ3) is 2.46. The number of nitrogens with zero attached hydrogens (tertiary/aromatic N) is 1. The molecule has 0 aromatic heterocycles. The fourth-order valence-electron chi connectivity index (χ4n) is 4.20. The predicted octanol–water partition coefficient (Wildman–Crippen LogP) is 3.50. The van der Waals surface area contributed by atoms with E-state index in [1.165, 1.54) is 6.07 Å². The lowest BCUT2D eigenvalue weighted by Crippen LogP contribution is -2.52. The molecule has 2 aromatic carbocycles. The normalized spacial score (nSPS) is 25.8. The first kappa shape index (κ1) is 15.5. The number of phenolic OH excluding ortho intramolecular Hbond substituents is 1. The second kappa shape index (κ2) is 5.78. The molecule has 4 rings (SSSR count). The van der Waals surface area contributed by atoms with Crippen molar-refractivity contribution >= 4 is 0 Å². The van der Waals surface area contributed by atoms with E-state index in [1.54, 1.807) is 12.1 Å². The Balaban J connectivity index is 1.69. The molecular formula is C20H22FNO2. The lowest BCUT2D eigenvalue weighted by Gasteiger charge is -2.42. The Morgan fingerprint density at radius 3 is 2.96 bits per heavy atom. The summed E-state index contributed by atoms with van der Waals surface area (Å²) in [6.07, 6.45) is 2.51. The number of rotatable bonds is 3. The lowest BCUT2D eigenvalue weighted by molar-refractivity contribution is 0.0502. The molecule has 1 fully saturated rings. The fraction of sp³-hybridized carbons (Fsp3) is 0.400. The van der Waals surface area contributed by atoms with Gasteiger partial charge in [-0.1, -0.05) is 18.2 Å². The molecule has 2 aromatic rings. The molecule has 2 heterocycles. The second-order valence-corrected chi connectivity index (χ2v) is 7.05. The Kier molecular flexibility index (Phi) is 3.72. The zero-order valence-electron chi connectivity index (χ0n) is 13.8. The molecule has 0 saturated carbocycles. The number of phenols is 1. The number of aryl methyl sites for hydroxylation is 1. The minimum absolute atomic E-state index is 0.0554. The van der Waals surface area contributed by atoms with Crippen LogP contribution in [0.2, 0.25) is 0 Å². The highest BCUT2D eigenvalue weighted by molar-refractivity contribution is 5.49. The van der Waals surface area contributed by atoms with Gasteiger partial charge in [0, 0.05) is 17.5 Å². The Labute approximate surface area is 141 Å². The number of likely N-dealkylation sites (tertiary alicyclic amines) is 1. The van der Waals surface area contributed by atoms with Crippen LogP contribution in [0.4, 0.5) is 4.39 Å². The first-order chi connectivity index (χ1) is 11.6. The van der Waals surface area contributed by atoms with E-state index in [0.29, 0.717) is 6.42 Å². The van der Waals surface area contributed by atoms with Crippen molar-refractivity contribution in [2.24, 2.45) is 0 Å². The number of halogens is 1. The van der Waals surface area contributed by atoms with Gasteiger partial charge in [0.15, 0.2) is 0 Å². The fourth-order valence-corrected chi connectivity index (χ4v) is 4.20. The highest BCUT2D eigenvalue weighted by Gasteiger charge is 2.51. The van der Waals surface area contributed by atoms with Gasteiger partial charge in [0.2, 0.25) is 0 Å². The summed E-state index contributed by atoms with van der Waals surface area (Å²) in [7, 11) is 2.10. The van der Waals surface area contributed by atoms with Crippen molar-refractivity contribution in [3.63, 3.8) is 0 Å². The van der Waals surface area contributed by atoms with Gasteiger partial charge in [-0.15, -0.1) is 0 Å². The third-order valence-electron chi connectivity index (χ3n) is 5.60. The van der Waals surface area contributed by atoms with Crippen LogP contribution in [0.25, 0.3) is 0 Å². The van der Waals surface area contributed by atoms with Crippen LogP contribution in [-0.2, 0) is 11.8 Å². The lowest BCUT2D eigenvalue weighted by atomic mass is 9.68. The average molecular weight is 327 g/mol. The summed E-state index contributed by atoms with van der Waals surface area (Å²) in [6.45, 7) is 1.83. The minimum atomic E-state index is -0.150. The Hall–Kier alpha value is -2.07. The van der Waals surface area contributed by atoms with E-state index >= 15 is 0 Å². The Morgan fingerprint density at radius 1 is 1.29 bits per heavy atom. The first-order valence-corrected chi connectivity index (χ1v) is 8.51. The summed E-state index contributed by atoms with van der Waals surface area (Å²) >= 11 is 0. The highest BCUT2D eigenvalue weighted by Crippen LogP contribution is 2.51. The molecule has 0 bridgehead atoms. The number of hydrogen-bond donors (Lipinski definition) is 1. The quantitative estimate of drug-likeness (QED) is 0.936. The van der Waals surface area contributed by atoms with Crippen molar-refractivity contribution in [1.82, 2.24) is 4.90 Å². The highest BCUT2D eigenvalue weighted by atomic mass is 19.1. The van der Waals surface area contributed by atoms with E-state index < -0.39 is 0 Å². The minimum Gasteiger partial charge on any atom is -0.508 e. The van der Waals surface area contributed by atoms with E-state index in [1.807, 2.05) is 24.3 Å². The van der Waals surface area contributed by atoms with Crippen molar-refractivity contribution in [3.05, 3.63) is 59.4 Å². The number of fused-ring (bicyclic) bond motifs is 3. The number of ether oxygens (including phenoxy) is 1. The molecule has 2 aliphatic heterocycles. The van der Waals surface area contributed by atoms with Crippen LogP contribution in [0, 0.1) is 5.82 Å². The van der Waals surface area contributed by atoms with Gasteiger partial charge in [-0.3, -0.25) is 0 Å². The molecule has 4 heteroatoms. The van der Waals surface area contributed by atoms with E-state index in [0.717, 1.165) is 42.8 Å². The maximum absolute atomic E-state index is 14.0. The van der Waals surface area contributed by atoms with Crippen molar-refractivity contribution in [1.29, 1.82) is 0 Å². The van der Waals surface area contributed by atoms with Crippen LogP contribution in [0.15, 0.2) is 42.5 Å². The summed E-state index contributed by atoms with van der Waals surface area (Å²) in [6, 6.07) is 12.3. The number of aromatic hydroxyl groups is 1. The molecule has 2 aliphatic rings. The van der Waals surface area contributed by atoms with E-state index in [2.05, 4.69) is 11.9 Å². The van der Waals surface area contributed by atoms with E-state index in [4.69, 9.17) is 4.74 Å². The molecule has 126 valence electrons. The van der Waals surface area contributed by atoms with Gasteiger partial charge in [0.25, 0.3) is 0 Å².